The smallest absolute Gasteiger partial charge is 0.121 e. The van der Waals surface area contributed by atoms with Crippen LogP contribution in [0.4, 0.5) is 0 Å². The Morgan fingerprint density at radius 1 is 1.91 bits per heavy atom. The summed E-state index contributed by atoms with van der Waals surface area (Å²) in [5, 5.41) is 19.9. The van der Waals surface area contributed by atoms with E-state index in [2.05, 4.69) is 4.98 Å². The molecule has 1 unspecified atom stereocenters. The number of aliphatic hydroxyl groups is 1. The number of aliphatic hydroxyl groups excluding tert-OH is 1. The maximum Gasteiger partial charge on any atom is 0.121 e. The van der Waals surface area contributed by atoms with Gasteiger partial charge < -0.3 is 5.11 Å². The summed E-state index contributed by atoms with van der Waals surface area (Å²) in [5.41, 5.74) is 0.902. The Bertz CT molecular complexity index is 276. The fraction of sp³-hybridized carbons (Fsp3) is 0.429. The number of rotatable bonds is 2. The zero-order chi connectivity index (χ0) is 8.27. The molecule has 3 nitrogen and oxygen atoms in total. The SMILES string of the molecule is Cc1csc(C(C#N)CO)n1. The van der Waals surface area contributed by atoms with Crippen LogP contribution in [0, 0.1) is 18.3 Å². The summed E-state index contributed by atoms with van der Waals surface area (Å²) in [4.78, 5) is 4.09. The monoisotopic (exact) mass is 168 g/mol. The normalized spacial score (nSPS) is 12.5. The van der Waals surface area contributed by atoms with Crippen molar-refractivity contribution in [3.05, 3.63) is 16.1 Å². The molecule has 0 aliphatic carbocycles. The van der Waals surface area contributed by atoms with Crippen LogP contribution >= 0.6 is 11.3 Å². The molecule has 1 aromatic heterocycles. The van der Waals surface area contributed by atoms with Gasteiger partial charge in [-0.1, -0.05) is 0 Å². The van der Waals surface area contributed by atoms with Crippen molar-refractivity contribution in [3.8, 4) is 6.07 Å². The van der Waals surface area contributed by atoms with Gasteiger partial charge in [0.05, 0.1) is 12.7 Å². The Morgan fingerprint density at radius 3 is 3.00 bits per heavy atom. The van der Waals surface area contributed by atoms with E-state index in [4.69, 9.17) is 10.4 Å². The predicted molar refractivity (Wildman–Crippen MR) is 42.3 cm³/mol. The van der Waals surface area contributed by atoms with Crippen LogP contribution in [0.5, 0.6) is 0 Å². The van der Waals surface area contributed by atoms with Gasteiger partial charge in [0.2, 0.25) is 0 Å². The zero-order valence-corrected chi connectivity index (χ0v) is 6.93. The average Bonchev–Trinajstić information content (AvgIpc) is 2.39. The molecule has 0 saturated carbocycles. The molecule has 0 bridgehead atoms. The van der Waals surface area contributed by atoms with E-state index in [1.54, 1.807) is 0 Å². The summed E-state index contributed by atoms with van der Waals surface area (Å²) in [7, 11) is 0. The van der Waals surface area contributed by atoms with Crippen LogP contribution in [0.25, 0.3) is 0 Å². The van der Waals surface area contributed by atoms with E-state index in [1.165, 1.54) is 11.3 Å². The summed E-state index contributed by atoms with van der Waals surface area (Å²) in [6.45, 7) is 1.72. The van der Waals surface area contributed by atoms with Crippen LogP contribution in [0.1, 0.15) is 16.6 Å². The van der Waals surface area contributed by atoms with Gasteiger partial charge in [-0.25, -0.2) is 4.98 Å². The van der Waals surface area contributed by atoms with E-state index < -0.39 is 5.92 Å². The van der Waals surface area contributed by atoms with Gasteiger partial charge in [0, 0.05) is 11.1 Å². The van der Waals surface area contributed by atoms with Crippen molar-refractivity contribution >= 4 is 11.3 Å². The van der Waals surface area contributed by atoms with Gasteiger partial charge in [0.1, 0.15) is 10.9 Å². The summed E-state index contributed by atoms with van der Waals surface area (Å²) in [6.07, 6.45) is 0. The first-order chi connectivity index (χ1) is 5.27. The fourth-order valence-electron chi connectivity index (χ4n) is 0.706. The summed E-state index contributed by atoms with van der Waals surface area (Å²) < 4.78 is 0. The lowest BCUT2D eigenvalue weighted by Crippen LogP contribution is -1.99. The van der Waals surface area contributed by atoms with E-state index in [0.717, 1.165) is 5.69 Å². The molecule has 4 heteroatoms. The molecule has 58 valence electrons. The van der Waals surface area contributed by atoms with Crippen LogP contribution in [0.15, 0.2) is 5.38 Å². The molecule has 0 aliphatic rings. The summed E-state index contributed by atoms with van der Waals surface area (Å²) in [5.74, 6) is -0.450. The van der Waals surface area contributed by atoms with Crippen LogP contribution in [-0.2, 0) is 0 Å². The molecular weight excluding hydrogens is 160 g/mol. The first kappa shape index (κ1) is 8.18. The van der Waals surface area contributed by atoms with Gasteiger partial charge >= 0.3 is 0 Å². The Balaban J connectivity index is 2.84. The highest BCUT2D eigenvalue weighted by atomic mass is 32.1. The number of aryl methyl sites for hydroxylation is 1. The molecule has 1 heterocycles. The highest BCUT2D eigenvalue weighted by Gasteiger charge is 2.11. The quantitative estimate of drug-likeness (QED) is 0.718. The minimum atomic E-state index is -0.450. The molecule has 1 atom stereocenters. The second-order valence-corrected chi connectivity index (χ2v) is 3.08. The Labute approximate surface area is 68.9 Å². The molecule has 1 aromatic rings. The number of hydrogen-bond donors (Lipinski definition) is 1. The molecule has 1 rings (SSSR count). The molecule has 0 amide bonds. The Hall–Kier alpha value is -0.920. The van der Waals surface area contributed by atoms with Gasteiger partial charge in [0.15, 0.2) is 0 Å². The molecular formula is C7H8N2OS. The lowest BCUT2D eigenvalue weighted by atomic mass is 10.2. The third-order valence-electron chi connectivity index (χ3n) is 1.27. The summed E-state index contributed by atoms with van der Waals surface area (Å²) >= 11 is 1.41. The lowest BCUT2D eigenvalue weighted by Gasteiger charge is -1.97. The molecule has 1 N–H and O–H groups in total. The van der Waals surface area contributed by atoms with Gasteiger partial charge in [-0.15, -0.1) is 11.3 Å². The second kappa shape index (κ2) is 3.46. The number of aromatic nitrogens is 1. The molecule has 0 fully saturated rings. The van der Waals surface area contributed by atoms with Crippen molar-refractivity contribution in [2.75, 3.05) is 6.61 Å². The minimum Gasteiger partial charge on any atom is -0.395 e. The number of thiazole rings is 1. The van der Waals surface area contributed by atoms with Gasteiger partial charge in [0.25, 0.3) is 0 Å². The van der Waals surface area contributed by atoms with Gasteiger partial charge in [-0.2, -0.15) is 5.26 Å². The first-order valence-electron chi connectivity index (χ1n) is 3.20. The molecule has 0 aromatic carbocycles. The topological polar surface area (TPSA) is 56.9 Å². The van der Waals surface area contributed by atoms with Crippen molar-refractivity contribution in [2.45, 2.75) is 12.8 Å². The maximum absolute atomic E-state index is 8.73. The Kier molecular flexibility index (Phi) is 2.58. The van der Waals surface area contributed by atoms with E-state index >= 15 is 0 Å². The second-order valence-electron chi connectivity index (χ2n) is 2.19. The minimum absolute atomic E-state index is 0.149. The fourth-order valence-corrected chi connectivity index (χ4v) is 1.54. The maximum atomic E-state index is 8.73. The highest BCUT2D eigenvalue weighted by molar-refractivity contribution is 7.09. The van der Waals surface area contributed by atoms with Crippen molar-refractivity contribution in [1.82, 2.24) is 4.98 Å². The molecule has 0 radical (unpaired) electrons. The van der Waals surface area contributed by atoms with Crippen LogP contribution in [0.2, 0.25) is 0 Å². The third-order valence-corrected chi connectivity index (χ3v) is 2.35. The average molecular weight is 168 g/mol. The number of nitriles is 1. The van der Waals surface area contributed by atoms with Gasteiger partial charge in [-0.3, -0.25) is 0 Å². The molecule has 11 heavy (non-hydrogen) atoms. The summed E-state index contributed by atoms with van der Waals surface area (Å²) in [6, 6.07) is 1.98. The van der Waals surface area contributed by atoms with Crippen molar-refractivity contribution < 1.29 is 5.11 Å². The number of nitrogens with zero attached hydrogens (tertiary/aromatic N) is 2. The number of hydrogen-bond acceptors (Lipinski definition) is 4. The van der Waals surface area contributed by atoms with Crippen molar-refractivity contribution in [3.63, 3.8) is 0 Å². The molecule has 0 saturated heterocycles. The largest absolute Gasteiger partial charge is 0.395 e. The lowest BCUT2D eigenvalue weighted by molar-refractivity contribution is 0.285. The zero-order valence-electron chi connectivity index (χ0n) is 6.11. The van der Waals surface area contributed by atoms with Crippen LogP contribution in [0.3, 0.4) is 0 Å². The van der Waals surface area contributed by atoms with E-state index in [9.17, 15) is 0 Å². The van der Waals surface area contributed by atoms with E-state index in [0.29, 0.717) is 5.01 Å². The van der Waals surface area contributed by atoms with E-state index in [1.807, 2.05) is 18.4 Å². The third kappa shape index (κ3) is 1.76. The predicted octanol–water partition coefficient (Wildman–Crippen LogP) is 1.05. The standard InChI is InChI=1S/C7H8N2OS/c1-5-4-11-7(9-5)6(2-8)3-10/h4,6,10H,3H2,1H3. The van der Waals surface area contributed by atoms with Crippen LogP contribution in [-0.4, -0.2) is 16.7 Å². The van der Waals surface area contributed by atoms with Crippen molar-refractivity contribution in [2.24, 2.45) is 0 Å². The van der Waals surface area contributed by atoms with E-state index in [-0.39, 0.29) is 6.61 Å². The van der Waals surface area contributed by atoms with Crippen molar-refractivity contribution in [1.29, 1.82) is 5.26 Å². The molecule has 0 aliphatic heterocycles. The molecule has 0 spiro atoms. The van der Waals surface area contributed by atoms with Crippen LogP contribution < -0.4 is 0 Å². The van der Waals surface area contributed by atoms with Gasteiger partial charge in [-0.05, 0) is 6.92 Å². The first-order valence-corrected chi connectivity index (χ1v) is 4.08. The Morgan fingerprint density at radius 2 is 2.64 bits per heavy atom. The highest BCUT2D eigenvalue weighted by Crippen LogP contribution is 2.18.